The fraction of sp³-hybridized carbons (Fsp3) is 0.267. The lowest BCUT2D eigenvalue weighted by molar-refractivity contribution is 0.234. The summed E-state index contributed by atoms with van der Waals surface area (Å²) in [6, 6.07) is 9.41. The molecule has 0 aliphatic carbocycles. The van der Waals surface area contributed by atoms with Gasteiger partial charge in [0.1, 0.15) is 18.2 Å². The summed E-state index contributed by atoms with van der Waals surface area (Å²) in [5.41, 5.74) is 6.12. The lowest BCUT2D eigenvalue weighted by Gasteiger charge is -2.16. The second-order valence-electron chi connectivity index (χ2n) is 4.76. The van der Waals surface area contributed by atoms with Crippen LogP contribution in [0.5, 0.6) is 5.75 Å². The van der Waals surface area contributed by atoms with E-state index in [4.69, 9.17) is 15.9 Å². The van der Waals surface area contributed by atoms with E-state index < -0.39 is 0 Å². The topological polar surface area (TPSA) is 62.3 Å². The Labute approximate surface area is 137 Å². The Hall–Kier alpha value is -1.37. The molecule has 2 aromatic rings. The molecule has 0 atom stereocenters. The summed E-state index contributed by atoms with van der Waals surface area (Å²) in [6.07, 6.45) is 0. The first-order valence-electron chi connectivity index (χ1n) is 6.53. The lowest BCUT2D eigenvalue weighted by atomic mass is 10.2. The molecule has 3 N–H and O–H groups in total. The van der Waals surface area contributed by atoms with Crippen molar-refractivity contribution in [3.8, 4) is 5.75 Å². The number of hydrogen-bond acceptors (Lipinski definition) is 4. The van der Waals surface area contributed by atoms with Crippen molar-refractivity contribution in [2.45, 2.75) is 6.54 Å². The number of thiophene rings is 1. The van der Waals surface area contributed by atoms with Crippen LogP contribution in [0, 0.1) is 5.41 Å². The first kappa shape index (κ1) is 16.0. The highest BCUT2D eigenvalue weighted by atomic mass is 79.9. The average molecular weight is 368 g/mol. The van der Waals surface area contributed by atoms with Gasteiger partial charge in [-0.1, -0.05) is 0 Å². The molecule has 0 saturated heterocycles. The van der Waals surface area contributed by atoms with Gasteiger partial charge in [0.2, 0.25) is 0 Å². The first-order chi connectivity index (χ1) is 10.0. The summed E-state index contributed by atoms with van der Waals surface area (Å²) in [5.74, 6) is 0.871. The van der Waals surface area contributed by atoms with Crippen LogP contribution in [0.2, 0.25) is 0 Å². The number of hydrogen-bond donors (Lipinski definition) is 2. The number of halogens is 1. The minimum absolute atomic E-state index is 0.0726. The number of nitrogens with two attached hydrogens (primary N) is 1. The molecule has 0 unspecified atom stereocenters. The zero-order valence-corrected chi connectivity index (χ0v) is 14.2. The molecule has 112 valence electrons. The SMILES string of the molecule is CN(CCOc1ccc(C(=N)N)cc1)Cc1cc(Br)cs1. The Kier molecular flexibility index (Phi) is 5.78. The summed E-state index contributed by atoms with van der Waals surface area (Å²) < 4.78 is 6.83. The molecule has 0 saturated carbocycles. The van der Waals surface area contributed by atoms with Gasteiger partial charge in [-0.2, -0.15) is 0 Å². The number of ether oxygens (including phenoxy) is 1. The van der Waals surface area contributed by atoms with Crippen LogP contribution in [0.4, 0.5) is 0 Å². The number of rotatable bonds is 7. The Balaban J connectivity index is 1.74. The second-order valence-corrected chi connectivity index (χ2v) is 6.67. The van der Waals surface area contributed by atoms with Crippen LogP contribution in [-0.4, -0.2) is 30.9 Å². The van der Waals surface area contributed by atoms with Gasteiger partial charge in [-0.05, 0) is 53.3 Å². The quantitative estimate of drug-likeness (QED) is 0.582. The highest BCUT2D eigenvalue weighted by Gasteiger charge is 2.04. The number of nitrogen functional groups attached to an aromatic ring is 1. The maximum atomic E-state index is 7.34. The Morgan fingerprint density at radius 1 is 1.38 bits per heavy atom. The predicted molar refractivity (Wildman–Crippen MR) is 91.3 cm³/mol. The standard InChI is InChI=1S/C15H18BrN3OS/c1-19(9-14-8-12(16)10-21-14)6-7-20-13-4-2-11(3-5-13)15(17)18/h2-5,8,10H,6-7,9H2,1H3,(H3,17,18). The van der Waals surface area contributed by atoms with Crippen LogP contribution in [0.1, 0.15) is 10.4 Å². The molecule has 0 aliphatic rings. The Morgan fingerprint density at radius 2 is 2.10 bits per heavy atom. The van der Waals surface area contributed by atoms with Gasteiger partial charge in [0.25, 0.3) is 0 Å². The monoisotopic (exact) mass is 367 g/mol. The van der Waals surface area contributed by atoms with E-state index in [0.717, 1.165) is 23.3 Å². The van der Waals surface area contributed by atoms with E-state index >= 15 is 0 Å². The molecule has 2 rings (SSSR count). The average Bonchev–Trinajstić information content (AvgIpc) is 2.84. The van der Waals surface area contributed by atoms with Crippen LogP contribution >= 0.6 is 27.3 Å². The van der Waals surface area contributed by atoms with E-state index in [1.807, 2.05) is 12.1 Å². The van der Waals surface area contributed by atoms with Crippen molar-refractivity contribution in [1.82, 2.24) is 4.90 Å². The van der Waals surface area contributed by atoms with Crippen molar-refractivity contribution < 1.29 is 4.74 Å². The van der Waals surface area contributed by atoms with Gasteiger partial charge < -0.3 is 10.5 Å². The molecule has 21 heavy (non-hydrogen) atoms. The van der Waals surface area contributed by atoms with E-state index in [9.17, 15) is 0 Å². The van der Waals surface area contributed by atoms with E-state index in [-0.39, 0.29) is 5.84 Å². The summed E-state index contributed by atoms with van der Waals surface area (Å²) in [4.78, 5) is 3.55. The molecule has 0 bridgehead atoms. The van der Waals surface area contributed by atoms with Gasteiger partial charge in [-0.25, -0.2) is 0 Å². The van der Waals surface area contributed by atoms with Crippen LogP contribution in [0.25, 0.3) is 0 Å². The van der Waals surface area contributed by atoms with E-state index in [0.29, 0.717) is 12.2 Å². The molecule has 0 radical (unpaired) electrons. The molecule has 4 nitrogen and oxygen atoms in total. The highest BCUT2D eigenvalue weighted by Crippen LogP contribution is 2.20. The Morgan fingerprint density at radius 3 is 2.67 bits per heavy atom. The van der Waals surface area contributed by atoms with Crippen molar-refractivity contribution in [2.75, 3.05) is 20.2 Å². The predicted octanol–water partition coefficient (Wildman–Crippen LogP) is 3.31. The van der Waals surface area contributed by atoms with Gasteiger partial charge in [-0.15, -0.1) is 11.3 Å². The second kappa shape index (κ2) is 7.59. The third kappa shape index (κ3) is 5.15. The van der Waals surface area contributed by atoms with E-state index in [1.54, 1.807) is 23.5 Å². The number of likely N-dealkylation sites (N-methyl/N-ethyl adjacent to an activating group) is 1. The minimum Gasteiger partial charge on any atom is -0.492 e. The summed E-state index contributed by atoms with van der Waals surface area (Å²) >= 11 is 5.22. The lowest BCUT2D eigenvalue weighted by Crippen LogP contribution is -2.23. The number of benzene rings is 1. The van der Waals surface area contributed by atoms with Crippen LogP contribution in [-0.2, 0) is 6.54 Å². The minimum atomic E-state index is 0.0726. The first-order valence-corrected chi connectivity index (χ1v) is 8.20. The maximum Gasteiger partial charge on any atom is 0.122 e. The zero-order valence-electron chi connectivity index (χ0n) is 11.8. The van der Waals surface area contributed by atoms with Gasteiger partial charge >= 0.3 is 0 Å². The van der Waals surface area contributed by atoms with Crippen molar-refractivity contribution in [3.63, 3.8) is 0 Å². The molecule has 6 heteroatoms. The molecule has 1 heterocycles. The Bertz CT molecular complexity index is 597. The molecular weight excluding hydrogens is 350 g/mol. The molecular formula is C15H18BrN3OS. The van der Waals surface area contributed by atoms with Gasteiger partial charge in [0, 0.05) is 33.4 Å². The zero-order chi connectivity index (χ0) is 15.2. The third-order valence-electron chi connectivity index (χ3n) is 2.95. The fourth-order valence-corrected chi connectivity index (χ4v) is 3.36. The summed E-state index contributed by atoms with van der Waals surface area (Å²) in [7, 11) is 2.08. The molecule has 0 amide bonds. The third-order valence-corrected chi connectivity index (χ3v) is 4.64. The number of amidine groups is 1. The van der Waals surface area contributed by atoms with Gasteiger partial charge in [0.15, 0.2) is 0 Å². The normalized spacial score (nSPS) is 10.8. The van der Waals surface area contributed by atoms with Crippen molar-refractivity contribution >= 4 is 33.1 Å². The number of nitrogens with zero attached hydrogens (tertiary/aromatic N) is 1. The molecule has 0 aliphatic heterocycles. The van der Waals surface area contributed by atoms with Crippen LogP contribution in [0.15, 0.2) is 40.2 Å². The van der Waals surface area contributed by atoms with Crippen molar-refractivity contribution in [2.24, 2.45) is 5.73 Å². The highest BCUT2D eigenvalue weighted by molar-refractivity contribution is 9.10. The van der Waals surface area contributed by atoms with Gasteiger partial charge in [0.05, 0.1) is 0 Å². The molecule has 0 fully saturated rings. The van der Waals surface area contributed by atoms with E-state index in [1.165, 1.54) is 4.88 Å². The fourth-order valence-electron chi connectivity index (χ4n) is 1.83. The molecule has 1 aromatic carbocycles. The molecule has 0 spiro atoms. The largest absolute Gasteiger partial charge is 0.492 e. The smallest absolute Gasteiger partial charge is 0.122 e. The number of nitrogens with one attached hydrogen (secondary N) is 1. The summed E-state index contributed by atoms with van der Waals surface area (Å²) in [6.45, 7) is 2.40. The van der Waals surface area contributed by atoms with Gasteiger partial charge in [-0.3, -0.25) is 10.3 Å². The van der Waals surface area contributed by atoms with Crippen molar-refractivity contribution in [3.05, 3.63) is 50.6 Å². The van der Waals surface area contributed by atoms with Crippen molar-refractivity contribution in [1.29, 1.82) is 5.41 Å². The van der Waals surface area contributed by atoms with Crippen LogP contribution in [0.3, 0.4) is 0 Å². The summed E-state index contributed by atoms with van der Waals surface area (Å²) in [5, 5.41) is 9.43. The van der Waals surface area contributed by atoms with Crippen LogP contribution < -0.4 is 10.5 Å². The maximum absolute atomic E-state index is 7.34. The van der Waals surface area contributed by atoms with E-state index in [2.05, 4.69) is 39.3 Å². The molecule has 1 aromatic heterocycles.